The second kappa shape index (κ2) is 6.95. The van der Waals surface area contributed by atoms with Crippen molar-refractivity contribution in [3.05, 3.63) is 51.9 Å². The fourth-order valence-electron chi connectivity index (χ4n) is 3.26. The molecular weight excluding hydrogens is 350 g/mol. The van der Waals surface area contributed by atoms with Gasteiger partial charge in [0.2, 0.25) is 11.7 Å². The fraction of sp³-hybridized carbons (Fsp3) is 0.333. The number of para-hydroxylation sites is 1. The highest BCUT2D eigenvalue weighted by Gasteiger charge is 2.21. The van der Waals surface area contributed by atoms with Crippen molar-refractivity contribution in [2.24, 2.45) is 0 Å². The number of thioether (sulfide) groups is 1. The number of fused-ring (bicyclic) bond motifs is 3. The van der Waals surface area contributed by atoms with Crippen molar-refractivity contribution in [1.82, 2.24) is 19.6 Å². The van der Waals surface area contributed by atoms with Crippen molar-refractivity contribution in [2.45, 2.75) is 30.8 Å². The van der Waals surface area contributed by atoms with Crippen LogP contribution in [0.4, 0.5) is 5.69 Å². The summed E-state index contributed by atoms with van der Waals surface area (Å²) in [5, 5.41) is 8.91. The zero-order chi connectivity index (χ0) is 18.1. The molecule has 1 aromatic carbocycles. The van der Waals surface area contributed by atoms with E-state index in [-0.39, 0.29) is 17.2 Å². The van der Waals surface area contributed by atoms with Gasteiger partial charge in [-0.25, -0.2) is 0 Å². The van der Waals surface area contributed by atoms with Gasteiger partial charge in [-0.05, 0) is 37.8 Å². The SMILES string of the molecule is CN(C(=O)CSc1nnc2[nH]c(=O)c3c(n12)CCCC3)c1ccccc1. The van der Waals surface area contributed by atoms with E-state index in [1.54, 1.807) is 11.9 Å². The second-order valence-electron chi connectivity index (χ2n) is 6.31. The van der Waals surface area contributed by atoms with Crippen LogP contribution in [0.15, 0.2) is 40.3 Å². The van der Waals surface area contributed by atoms with E-state index in [0.29, 0.717) is 10.9 Å². The third-order valence-electron chi connectivity index (χ3n) is 4.68. The van der Waals surface area contributed by atoms with E-state index >= 15 is 0 Å². The highest BCUT2D eigenvalue weighted by molar-refractivity contribution is 7.99. The third kappa shape index (κ3) is 3.01. The highest BCUT2D eigenvalue weighted by atomic mass is 32.2. The van der Waals surface area contributed by atoms with E-state index in [9.17, 15) is 9.59 Å². The Hall–Kier alpha value is -2.61. The minimum Gasteiger partial charge on any atom is -0.315 e. The number of amides is 1. The number of hydrogen-bond donors (Lipinski definition) is 1. The van der Waals surface area contributed by atoms with Crippen molar-refractivity contribution in [1.29, 1.82) is 0 Å². The summed E-state index contributed by atoms with van der Waals surface area (Å²) < 4.78 is 1.90. The lowest BCUT2D eigenvalue weighted by Gasteiger charge is -2.18. The number of aromatic nitrogens is 4. The minimum absolute atomic E-state index is 0.0174. The summed E-state index contributed by atoms with van der Waals surface area (Å²) in [6.45, 7) is 0. The van der Waals surface area contributed by atoms with Gasteiger partial charge < -0.3 is 4.90 Å². The summed E-state index contributed by atoms with van der Waals surface area (Å²) in [7, 11) is 1.76. The molecule has 1 aliphatic rings. The Balaban J connectivity index is 1.58. The van der Waals surface area contributed by atoms with Gasteiger partial charge in [0.1, 0.15) is 0 Å². The quantitative estimate of drug-likeness (QED) is 0.712. The van der Waals surface area contributed by atoms with Crippen LogP contribution in [-0.2, 0) is 17.6 Å². The van der Waals surface area contributed by atoms with Crippen LogP contribution in [0.2, 0.25) is 0 Å². The van der Waals surface area contributed by atoms with Crippen LogP contribution in [0.1, 0.15) is 24.1 Å². The molecule has 134 valence electrons. The standard InChI is InChI=1S/C18H19N5O2S/c1-22(12-7-3-2-4-8-12)15(24)11-26-18-21-20-17-19-16(25)13-9-5-6-10-14(13)23(17)18/h2-4,7-8H,5-6,9-11H2,1H3,(H,19,20,25). The highest BCUT2D eigenvalue weighted by Crippen LogP contribution is 2.24. The first-order valence-electron chi connectivity index (χ1n) is 8.58. The van der Waals surface area contributed by atoms with Crippen molar-refractivity contribution in [3.63, 3.8) is 0 Å². The van der Waals surface area contributed by atoms with Crippen LogP contribution in [0.3, 0.4) is 0 Å². The summed E-state index contributed by atoms with van der Waals surface area (Å²) in [4.78, 5) is 29.1. The van der Waals surface area contributed by atoms with Gasteiger partial charge >= 0.3 is 0 Å². The monoisotopic (exact) mass is 369 g/mol. The van der Waals surface area contributed by atoms with Crippen LogP contribution < -0.4 is 10.5 Å². The molecule has 0 saturated carbocycles. The van der Waals surface area contributed by atoms with Gasteiger partial charge in [-0.15, -0.1) is 10.2 Å². The molecule has 0 saturated heterocycles. The Morgan fingerprint density at radius 1 is 1.23 bits per heavy atom. The number of carbonyl (C=O) groups is 1. The lowest BCUT2D eigenvalue weighted by molar-refractivity contribution is -0.115. The smallest absolute Gasteiger partial charge is 0.255 e. The third-order valence-corrected chi connectivity index (χ3v) is 5.60. The maximum atomic E-state index is 12.5. The van der Waals surface area contributed by atoms with Crippen LogP contribution in [0.25, 0.3) is 5.78 Å². The number of carbonyl (C=O) groups excluding carboxylic acids is 1. The fourth-order valence-corrected chi connectivity index (χ4v) is 4.13. The molecule has 0 aliphatic heterocycles. The maximum absolute atomic E-state index is 12.5. The molecule has 0 bridgehead atoms. The van der Waals surface area contributed by atoms with E-state index < -0.39 is 0 Å². The largest absolute Gasteiger partial charge is 0.315 e. The number of aromatic amines is 1. The van der Waals surface area contributed by atoms with Crippen LogP contribution in [0, 0.1) is 0 Å². The van der Waals surface area contributed by atoms with Crippen molar-refractivity contribution in [2.75, 3.05) is 17.7 Å². The molecule has 0 radical (unpaired) electrons. The van der Waals surface area contributed by atoms with Crippen LogP contribution in [0.5, 0.6) is 0 Å². The molecular formula is C18H19N5O2S. The number of aryl methyl sites for hydroxylation is 1. The molecule has 1 aliphatic carbocycles. The number of anilines is 1. The molecule has 8 heteroatoms. The van der Waals surface area contributed by atoms with Gasteiger partial charge in [0, 0.05) is 24.0 Å². The average molecular weight is 369 g/mol. The number of hydrogen-bond acceptors (Lipinski definition) is 5. The van der Waals surface area contributed by atoms with E-state index in [2.05, 4.69) is 15.2 Å². The lowest BCUT2D eigenvalue weighted by Crippen LogP contribution is -2.28. The first-order valence-corrected chi connectivity index (χ1v) is 9.57. The first kappa shape index (κ1) is 16.8. The zero-order valence-corrected chi connectivity index (χ0v) is 15.3. The minimum atomic E-state index is -0.0731. The van der Waals surface area contributed by atoms with E-state index in [1.165, 1.54) is 11.8 Å². The molecule has 1 N–H and O–H groups in total. The number of nitrogens with one attached hydrogen (secondary N) is 1. The predicted molar refractivity (Wildman–Crippen MR) is 101 cm³/mol. The van der Waals surface area contributed by atoms with Crippen LogP contribution >= 0.6 is 11.8 Å². The van der Waals surface area contributed by atoms with E-state index in [4.69, 9.17) is 0 Å². The molecule has 1 amide bonds. The number of rotatable bonds is 4. The molecule has 26 heavy (non-hydrogen) atoms. The molecule has 0 fully saturated rings. The van der Waals surface area contributed by atoms with Gasteiger partial charge in [-0.2, -0.15) is 0 Å². The van der Waals surface area contributed by atoms with Gasteiger partial charge in [-0.3, -0.25) is 19.0 Å². The summed E-state index contributed by atoms with van der Waals surface area (Å²) in [6, 6.07) is 9.52. The number of nitrogens with zero attached hydrogens (tertiary/aromatic N) is 4. The topological polar surface area (TPSA) is 83.4 Å². The Morgan fingerprint density at radius 3 is 2.81 bits per heavy atom. The molecule has 4 rings (SSSR count). The lowest BCUT2D eigenvalue weighted by atomic mass is 9.97. The summed E-state index contributed by atoms with van der Waals surface area (Å²) in [5.41, 5.74) is 2.58. The van der Waals surface area contributed by atoms with Crippen LogP contribution in [-0.4, -0.2) is 38.3 Å². The molecule has 2 heterocycles. The van der Waals surface area contributed by atoms with Gasteiger partial charge in [0.05, 0.1) is 5.75 Å². The Kier molecular flexibility index (Phi) is 4.50. The Bertz CT molecular complexity index is 1010. The van der Waals surface area contributed by atoms with Crippen molar-refractivity contribution < 1.29 is 4.79 Å². The summed E-state index contributed by atoms with van der Waals surface area (Å²) in [6.07, 6.45) is 3.67. The van der Waals surface area contributed by atoms with E-state index in [0.717, 1.165) is 42.6 Å². The molecule has 2 aromatic heterocycles. The number of benzene rings is 1. The second-order valence-corrected chi connectivity index (χ2v) is 7.25. The average Bonchev–Trinajstić information content (AvgIpc) is 3.09. The van der Waals surface area contributed by atoms with Gasteiger partial charge in [0.25, 0.3) is 5.56 Å². The van der Waals surface area contributed by atoms with Gasteiger partial charge in [0.15, 0.2) is 5.16 Å². The van der Waals surface area contributed by atoms with Crippen molar-refractivity contribution in [3.8, 4) is 0 Å². The Labute approximate surface area is 154 Å². The molecule has 0 spiro atoms. The van der Waals surface area contributed by atoms with E-state index in [1.807, 2.05) is 34.7 Å². The molecule has 3 aromatic rings. The molecule has 0 atom stereocenters. The molecule has 7 nitrogen and oxygen atoms in total. The summed E-state index contributed by atoms with van der Waals surface area (Å²) >= 11 is 1.34. The predicted octanol–water partition coefficient (Wildman–Crippen LogP) is 2.05. The maximum Gasteiger partial charge on any atom is 0.255 e. The Morgan fingerprint density at radius 2 is 2.00 bits per heavy atom. The number of H-pyrrole nitrogens is 1. The van der Waals surface area contributed by atoms with Gasteiger partial charge in [-0.1, -0.05) is 30.0 Å². The zero-order valence-electron chi connectivity index (χ0n) is 14.4. The molecule has 0 unspecified atom stereocenters. The first-order chi connectivity index (χ1) is 12.6. The normalized spacial score (nSPS) is 13.6. The summed E-state index contributed by atoms with van der Waals surface area (Å²) in [5.74, 6) is 0.679. The van der Waals surface area contributed by atoms with Crippen molar-refractivity contribution >= 4 is 29.1 Å².